The maximum atomic E-state index is 5.71. The number of nitrogens with zero attached hydrogens (tertiary/aromatic N) is 2. The van der Waals surface area contributed by atoms with E-state index in [0.29, 0.717) is 6.10 Å². The van der Waals surface area contributed by atoms with Crippen molar-refractivity contribution in [3.05, 3.63) is 0 Å². The van der Waals surface area contributed by atoms with E-state index in [0.717, 1.165) is 26.2 Å². The van der Waals surface area contributed by atoms with Crippen LogP contribution in [0.25, 0.3) is 0 Å². The molecule has 17 heavy (non-hydrogen) atoms. The summed E-state index contributed by atoms with van der Waals surface area (Å²) in [6.07, 6.45) is 4.51. The Hall–Kier alpha value is -0.160. The average Bonchev–Trinajstić information content (AvgIpc) is 2.83. The van der Waals surface area contributed by atoms with Crippen LogP contribution in [0, 0.1) is 0 Å². The molecular weight excluding hydrogens is 214 g/mol. The molecule has 1 N–H and O–H groups in total. The first-order chi connectivity index (χ1) is 8.38. The van der Waals surface area contributed by atoms with E-state index in [-0.39, 0.29) is 0 Å². The van der Waals surface area contributed by atoms with Crippen molar-refractivity contribution in [2.75, 3.05) is 59.5 Å². The molecule has 2 aliphatic heterocycles. The van der Waals surface area contributed by atoms with Gasteiger partial charge in [-0.1, -0.05) is 0 Å². The first-order valence-electron chi connectivity index (χ1n) is 7.09. The van der Waals surface area contributed by atoms with Gasteiger partial charge in [-0.15, -0.1) is 0 Å². The van der Waals surface area contributed by atoms with Gasteiger partial charge in [0.1, 0.15) is 0 Å². The van der Waals surface area contributed by atoms with Gasteiger partial charge in [-0.2, -0.15) is 0 Å². The zero-order chi connectivity index (χ0) is 11.9. The molecule has 2 saturated heterocycles. The molecule has 2 aliphatic rings. The molecule has 2 rings (SSSR count). The number of nitrogens with one attached hydrogen (secondary N) is 1. The summed E-state index contributed by atoms with van der Waals surface area (Å²) in [4.78, 5) is 5.16. The molecule has 2 heterocycles. The molecule has 0 saturated carbocycles. The quantitative estimate of drug-likeness (QED) is 0.728. The second-order valence-electron chi connectivity index (χ2n) is 5.25. The monoisotopic (exact) mass is 241 g/mol. The Labute approximate surface area is 105 Å². The molecule has 2 fully saturated rings. The van der Waals surface area contributed by atoms with Gasteiger partial charge in [-0.3, -0.25) is 4.90 Å². The van der Waals surface area contributed by atoms with Gasteiger partial charge in [0.05, 0.1) is 12.7 Å². The topological polar surface area (TPSA) is 27.7 Å². The molecule has 0 aromatic heterocycles. The Bertz CT molecular complexity index is 205. The minimum Gasteiger partial charge on any atom is -0.374 e. The lowest BCUT2D eigenvalue weighted by atomic mass is 10.2. The van der Waals surface area contributed by atoms with E-state index >= 15 is 0 Å². The average molecular weight is 241 g/mol. The van der Waals surface area contributed by atoms with Crippen LogP contribution < -0.4 is 5.32 Å². The molecule has 1 unspecified atom stereocenters. The lowest BCUT2D eigenvalue weighted by Crippen LogP contribution is -2.46. The van der Waals surface area contributed by atoms with Crippen LogP contribution in [0.1, 0.15) is 19.3 Å². The zero-order valence-electron chi connectivity index (χ0n) is 11.2. The van der Waals surface area contributed by atoms with Gasteiger partial charge in [0, 0.05) is 19.6 Å². The molecule has 0 bridgehead atoms. The number of ether oxygens (including phenoxy) is 1. The van der Waals surface area contributed by atoms with Crippen LogP contribution >= 0.6 is 0 Å². The number of likely N-dealkylation sites (tertiary alicyclic amines) is 1. The molecule has 0 aromatic rings. The number of hydrogen-bond acceptors (Lipinski definition) is 4. The molecule has 0 radical (unpaired) electrons. The Morgan fingerprint density at radius 2 is 1.88 bits per heavy atom. The van der Waals surface area contributed by atoms with E-state index < -0.39 is 0 Å². The predicted octanol–water partition coefficient (Wildman–Crippen LogP) is 0.393. The molecule has 0 amide bonds. The minimum atomic E-state index is 0.389. The largest absolute Gasteiger partial charge is 0.374 e. The molecule has 4 nitrogen and oxygen atoms in total. The standard InChI is InChI=1S/C13H27N3O/c1-14-11-13-12-16(9-10-17-13)8-4-7-15-5-2-3-6-15/h13-14H,2-12H2,1H3. The van der Waals surface area contributed by atoms with Gasteiger partial charge in [-0.05, 0) is 52.5 Å². The van der Waals surface area contributed by atoms with E-state index in [1.54, 1.807) is 0 Å². The lowest BCUT2D eigenvalue weighted by molar-refractivity contribution is -0.0269. The molecule has 100 valence electrons. The van der Waals surface area contributed by atoms with Crippen molar-refractivity contribution in [1.82, 2.24) is 15.1 Å². The Morgan fingerprint density at radius 1 is 1.12 bits per heavy atom. The zero-order valence-corrected chi connectivity index (χ0v) is 11.2. The summed E-state index contributed by atoms with van der Waals surface area (Å²) in [7, 11) is 2.00. The third-order valence-corrected chi connectivity index (χ3v) is 3.80. The van der Waals surface area contributed by atoms with Gasteiger partial charge >= 0.3 is 0 Å². The molecule has 0 aromatic carbocycles. The lowest BCUT2D eigenvalue weighted by Gasteiger charge is -2.33. The highest BCUT2D eigenvalue weighted by Crippen LogP contribution is 2.09. The Morgan fingerprint density at radius 3 is 2.65 bits per heavy atom. The fourth-order valence-corrected chi connectivity index (χ4v) is 2.86. The van der Waals surface area contributed by atoms with Gasteiger partial charge in [-0.25, -0.2) is 0 Å². The smallest absolute Gasteiger partial charge is 0.0826 e. The highest BCUT2D eigenvalue weighted by molar-refractivity contribution is 4.74. The Kier molecular flexibility index (Phi) is 5.71. The van der Waals surface area contributed by atoms with Gasteiger partial charge in [0.25, 0.3) is 0 Å². The summed E-state index contributed by atoms with van der Waals surface area (Å²) in [5, 5.41) is 3.20. The van der Waals surface area contributed by atoms with Gasteiger partial charge in [0.2, 0.25) is 0 Å². The number of rotatable bonds is 6. The highest BCUT2D eigenvalue weighted by Gasteiger charge is 2.19. The molecule has 4 heteroatoms. The van der Waals surface area contributed by atoms with Crippen molar-refractivity contribution in [2.24, 2.45) is 0 Å². The van der Waals surface area contributed by atoms with Gasteiger partial charge in [0.15, 0.2) is 0 Å². The predicted molar refractivity (Wildman–Crippen MR) is 70.4 cm³/mol. The maximum Gasteiger partial charge on any atom is 0.0826 e. The third-order valence-electron chi connectivity index (χ3n) is 3.80. The first kappa shape index (κ1) is 13.3. The Balaban J connectivity index is 1.58. The fourth-order valence-electron chi connectivity index (χ4n) is 2.86. The number of hydrogen-bond donors (Lipinski definition) is 1. The van der Waals surface area contributed by atoms with E-state index in [1.807, 2.05) is 7.05 Å². The minimum absolute atomic E-state index is 0.389. The number of morpholine rings is 1. The van der Waals surface area contributed by atoms with Gasteiger partial charge < -0.3 is 15.0 Å². The normalized spacial score (nSPS) is 27.7. The van der Waals surface area contributed by atoms with E-state index in [1.165, 1.54) is 45.4 Å². The van der Waals surface area contributed by atoms with E-state index in [4.69, 9.17) is 4.74 Å². The second kappa shape index (κ2) is 7.31. The van der Waals surface area contributed by atoms with Crippen molar-refractivity contribution in [2.45, 2.75) is 25.4 Å². The van der Waals surface area contributed by atoms with Crippen LogP contribution in [0.2, 0.25) is 0 Å². The highest BCUT2D eigenvalue weighted by atomic mass is 16.5. The molecule has 0 spiro atoms. The third kappa shape index (κ3) is 4.54. The van der Waals surface area contributed by atoms with Crippen LogP contribution in [-0.2, 0) is 4.74 Å². The van der Waals surface area contributed by atoms with Crippen LogP contribution in [0.15, 0.2) is 0 Å². The van der Waals surface area contributed by atoms with Crippen molar-refractivity contribution in [3.63, 3.8) is 0 Å². The second-order valence-corrected chi connectivity index (χ2v) is 5.25. The molecule has 0 aliphatic carbocycles. The van der Waals surface area contributed by atoms with Crippen LogP contribution in [-0.4, -0.2) is 75.4 Å². The summed E-state index contributed by atoms with van der Waals surface area (Å²) in [6.45, 7) is 9.25. The SMILES string of the molecule is CNCC1CN(CCCN2CCCC2)CCO1. The number of likely N-dealkylation sites (N-methyl/N-ethyl adjacent to an activating group) is 1. The van der Waals surface area contributed by atoms with E-state index in [9.17, 15) is 0 Å². The van der Waals surface area contributed by atoms with Crippen molar-refractivity contribution >= 4 is 0 Å². The van der Waals surface area contributed by atoms with E-state index in [2.05, 4.69) is 15.1 Å². The summed E-state index contributed by atoms with van der Waals surface area (Å²) < 4.78 is 5.71. The summed E-state index contributed by atoms with van der Waals surface area (Å²) in [5.74, 6) is 0. The van der Waals surface area contributed by atoms with Crippen molar-refractivity contribution in [1.29, 1.82) is 0 Å². The maximum absolute atomic E-state index is 5.71. The van der Waals surface area contributed by atoms with Crippen molar-refractivity contribution in [3.8, 4) is 0 Å². The van der Waals surface area contributed by atoms with Crippen LogP contribution in [0.3, 0.4) is 0 Å². The summed E-state index contributed by atoms with van der Waals surface area (Å²) in [6, 6.07) is 0. The molecular formula is C13H27N3O. The first-order valence-corrected chi connectivity index (χ1v) is 7.09. The molecule has 1 atom stereocenters. The van der Waals surface area contributed by atoms with Crippen LogP contribution in [0.4, 0.5) is 0 Å². The summed E-state index contributed by atoms with van der Waals surface area (Å²) >= 11 is 0. The summed E-state index contributed by atoms with van der Waals surface area (Å²) in [5.41, 5.74) is 0. The van der Waals surface area contributed by atoms with Crippen molar-refractivity contribution < 1.29 is 4.74 Å². The fraction of sp³-hybridized carbons (Fsp3) is 1.00. The van der Waals surface area contributed by atoms with Crippen LogP contribution in [0.5, 0.6) is 0 Å².